The second kappa shape index (κ2) is 3.89. The number of carbonyl (C=O) groups is 1. The Bertz CT molecular complexity index is 384. The molecule has 1 aromatic rings. The Balaban J connectivity index is 3.24. The zero-order valence-corrected chi connectivity index (χ0v) is 7.55. The fraction of sp³-hybridized carbons (Fsp3) is 0.125. The van der Waals surface area contributed by atoms with Gasteiger partial charge in [-0.1, -0.05) is 17.7 Å². The van der Waals surface area contributed by atoms with Gasteiger partial charge in [0.05, 0.1) is 0 Å². The summed E-state index contributed by atoms with van der Waals surface area (Å²) in [6, 6.07) is 0.270. The Hall–Kier alpha value is -1.20. The SMILES string of the molecule is N[C@H](C(=O)O)c1ccc(F)c(Cl)c1F. The number of hydrogen-bond donors (Lipinski definition) is 2. The molecule has 3 N–H and O–H groups in total. The minimum absolute atomic E-state index is 0.344. The molecule has 76 valence electrons. The lowest BCUT2D eigenvalue weighted by Crippen LogP contribution is -2.22. The van der Waals surface area contributed by atoms with Gasteiger partial charge in [0, 0.05) is 5.56 Å². The fourth-order valence-corrected chi connectivity index (χ4v) is 1.09. The summed E-state index contributed by atoms with van der Waals surface area (Å²) >= 11 is 5.23. The number of benzene rings is 1. The second-order valence-corrected chi connectivity index (χ2v) is 2.96. The molecule has 14 heavy (non-hydrogen) atoms. The Morgan fingerprint density at radius 2 is 2.07 bits per heavy atom. The summed E-state index contributed by atoms with van der Waals surface area (Å²) in [5.74, 6) is -3.50. The maximum absolute atomic E-state index is 13.2. The van der Waals surface area contributed by atoms with Crippen molar-refractivity contribution in [3.05, 3.63) is 34.4 Å². The zero-order chi connectivity index (χ0) is 10.9. The van der Waals surface area contributed by atoms with E-state index in [9.17, 15) is 13.6 Å². The molecule has 1 rings (SSSR count). The van der Waals surface area contributed by atoms with Crippen LogP contribution in [0.1, 0.15) is 11.6 Å². The van der Waals surface area contributed by atoms with Crippen molar-refractivity contribution in [1.82, 2.24) is 0 Å². The molecule has 3 nitrogen and oxygen atoms in total. The van der Waals surface area contributed by atoms with Crippen LogP contribution in [0.25, 0.3) is 0 Å². The van der Waals surface area contributed by atoms with Gasteiger partial charge in [0.25, 0.3) is 0 Å². The molecule has 0 radical (unpaired) electrons. The third-order valence-corrected chi connectivity index (χ3v) is 2.01. The summed E-state index contributed by atoms with van der Waals surface area (Å²) in [6.45, 7) is 0. The highest BCUT2D eigenvalue weighted by Crippen LogP contribution is 2.25. The van der Waals surface area contributed by atoms with Crippen molar-refractivity contribution in [3.63, 3.8) is 0 Å². The molecule has 0 fully saturated rings. The van der Waals surface area contributed by atoms with Crippen molar-refractivity contribution in [1.29, 1.82) is 0 Å². The minimum Gasteiger partial charge on any atom is -0.480 e. The molecule has 1 atom stereocenters. The van der Waals surface area contributed by atoms with Gasteiger partial charge in [-0.05, 0) is 6.07 Å². The lowest BCUT2D eigenvalue weighted by molar-refractivity contribution is -0.138. The first-order chi connectivity index (χ1) is 6.45. The van der Waals surface area contributed by atoms with Gasteiger partial charge < -0.3 is 10.8 Å². The van der Waals surface area contributed by atoms with Gasteiger partial charge in [-0.3, -0.25) is 4.79 Å². The minimum atomic E-state index is -1.55. The Kier molecular flexibility index (Phi) is 3.03. The van der Waals surface area contributed by atoms with Crippen LogP contribution in [0.2, 0.25) is 5.02 Å². The highest BCUT2D eigenvalue weighted by atomic mass is 35.5. The molecule has 0 saturated carbocycles. The lowest BCUT2D eigenvalue weighted by Gasteiger charge is -2.08. The number of aliphatic carboxylic acids is 1. The maximum atomic E-state index is 13.2. The number of nitrogens with two attached hydrogens (primary N) is 1. The van der Waals surface area contributed by atoms with Crippen molar-refractivity contribution in [3.8, 4) is 0 Å². The molecule has 0 aliphatic carbocycles. The molecule has 0 bridgehead atoms. The van der Waals surface area contributed by atoms with Crippen molar-refractivity contribution in [2.75, 3.05) is 0 Å². The summed E-state index contributed by atoms with van der Waals surface area (Å²) in [6.07, 6.45) is 0. The summed E-state index contributed by atoms with van der Waals surface area (Å²) in [5, 5.41) is 7.74. The quantitative estimate of drug-likeness (QED) is 0.748. The zero-order valence-electron chi connectivity index (χ0n) is 6.80. The number of rotatable bonds is 2. The van der Waals surface area contributed by atoms with E-state index in [4.69, 9.17) is 22.4 Å². The van der Waals surface area contributed by atoms with Crippen LogP contribution in [-0.4, -0.2) is 11.1 Å². The molecule has 1 aromatic carbocycles. The topological polar surface area (TPSA) is 63.3 Å². The normalized spacial score (nSPS) is 12.6. The van der Waals surface area contributed by atoms with Gasteiger partial charge >= 0.3 is 5.97 Å². The number of carboxylic acid groups (broad SMARTS) is 1. The third-order valence-electron chi connectivity index (χ3n) is 1.67. The molecule has 0 aliphatic rings. The van der Waals surface area contributed by atoms with Crippen LogP contribution < -0.4 is 5.73 Å². The average molecular weight is 222 g/mol. The van der Waals surface area contributed by atoms with Gasteiger partial charge in [-0.25, -0.2) is 8.78 Å². The second-order valence-electron chi connectivity index (χ2n) is 2.58. The van der Waals surface area contributed by atoms with Crippen LogP contribution in [0.5, 0.6) is 0 Å². The first-order valence-corrected chi connectivity index (χ1v) is 3.94. The highest BCUT2D eigenvalue weighted by Gasteiger charge is 2.21. The van der Waals surface area contributed by atoms with Crippen LogP contribution in [0.15, 0.2) is 12.1 Å². The van der Waals surface area contributed by atoms with E-state index >= 15 is 0 Å². The molecule has 0 unspecified atom stereocenters. The van der Waals surface area contributed by atoms with Crippen LogP contribution in [0, 0.1) is 11.6 Å². The van der Waals surface area contributed by atoms with E-state index in [1.165, 1.54) is 0 Å². The standard InChI is InChI=1S/C8H6ClF2NO2/c9-5-4(10)2-1-3(6(5)11)7(12)8(13)14/h1-2,7H,12H2,(H,13,14)/t7-/m0/s1. The third kappa shape index (κ3) is 1.83. The first kappa shape index (κ1) is 10.9. The van der Waals surface area contributed by atoms with Crippen LogP contribution in [-0.2, 0) is 4.79 Å². The predicted octanol–water partition coefficient (Wildman–Crippen LogP) is 1.70. The highest BCUT2D eigenvalue weighted by molar-refractivity contribution is 6.31. The molecule has 0 heterocycles. The van der Waals surface area contributed by atoms with Crippen molar-refractivity contribution >= 4 is 17.6 Å². The molecule has 0 saturated heterocycles. The summed E-state index contributed by atoms with van der Waals surface area (Å²) in [7, 11) is 0. The van der Waals surface area contributed by atoms with E-state index < -0.39 is 28.7 Å². The van der Waals surface area contributed by atoms with Crippen molar-refractivity contribution in [2.24, 2.45) is 5.73 Å². The Morgan fingerprint density at radius 3 is 2.57 bits per heavy atom. The van der Waals surface area contributed by atoms with E-state index in [-0.39, 0.29) is 5.56 Å². The monoisotopic (exact) mass is 221 g/mol. The fourth-order valence-electron chi connectivity index (χ4n) is 0.914. The molecule has 0 spiro atoms. The largest absolute Gasteiger partial charge is 0.480 e. The van der Waals surface area contributed by atoms with Crippen molar-refractivity contribution in [2.45, 2.75) is 6.04 Å². The molecule has 0 aliphatic heterocycles. The van der Waals surface area contributed by atoms with Crippen LogP contribution in [0.4, 0.5) is 8.78 Å². The van der Waals surface area contributed by atoms with Crippen LogP contribution in [0.3, 0.4) is 0 Å². The maximum Gasteiger partial charge on any atom is 0.325 e. The summed E-state index contributed by atoms with van der Waals surface area (Å²) < 4.78 is 25.8. The van der Waals surface area contributed by atoms with Gasteiger partial charge in [0.15, 0.2) is 0 Å². The number of carboxylic acids is 1. The summed E-state index contributed by atoms with van der Waals surface area (Å²) in [5.41, 5.74) is 4.79. The van der Waals surface area contributed by atoms with E-state index in [1.807, 2.05) is 0 Å². The number of halogens is 3. The smallest absolute Gasteiger partial charge is 0.325 e. The van der Waals surface area contributed by atoms with Crippen molar-refractivity contribution < 1.29 is 18.7 Å². The van der Waals surface area contributed by atoms with Gasteiger partial charge in [-0.15, -0.1) is 0 Å². The van der Waals surface area contributed by atoms with E-state index in [2.05, 4.69) is 0 Å². The van der Waals surface area contributed by atoms with Crippen LogP contribution >= 0.6 is 11.6 Å². The molecule has 0 aromatic heterocycles. The molecule has 0 amide bonds. The first-order valence-electron chi connectivity index (χ1n) is 3.57. The summed E-state index contributed by atoms with van der Waals surface area (Å²) in [4.78, 5) is 10.4. The lowest BCUT2D eigenvalue weighted by atomic mass is 10.1. The average Bonchev–Trinajstić information content (AvgIpc) is 2.13. The van der Waals surface area contributed by atoms with E-state index in [0.717, 1.165) is 12.1 Å². The molecular formula is C8H6ClF2NO2. The van der Waals surface area contributed by atoms with Gasteiger partial charge in [-0.2, -0.15) is 0 Å². The van der Waals surface area contributed by atoms with Gasteiger partial charge in [0.1, 0.15) is 22.7 Å². The predicted molar refractivity (Wildman–Crippen MR) is 45.9 cm³/mol. The molecule has 6 heteroatoms. The van der Waals surface area contributed by atoms with E-state index in [0.29, 0.717) is 0 Å². The number of hydrogen-bond acceptors (Lipinski definition) is 2. The Labute approximate surface area is 83.1 Å². The Morgan fingerprint density at radius 1 is 1.50 bits per heavy atom. The molecular weight excluding hydrogens is 216 g/mol. The van der Waals surface area contributed by atoms with Gasteiger partial charge in [0.2, 0.25) is 0 Å². The van der Waals surface area contributed by atoms with E-state index in [1.54, 1.807) is 0 Å².